The van der Waals surface area contributed by atoms with Crippen molar-refractivity contribution in [3.8, 4) is 0 Å². The van der Waals surface area contributed by atoms with Crippen molar-refractivity contribution < 1.29 is 28.8 Å². The first kappa shape index (κ1) is 39.6. The lowest BCUT2D eigenvalue weighted by atomic mass is 9.94. The van der Waals surface area contributed by atoms with Crippen LogP contribution in [0.2, 0.25) is 0 Å². The van der Waals surface area contributed by atoms with E-state index in [4.69, 9.17) is 5.73 Å². The van der Waals surface area contributed by atoms with Crippen LogP contribution < -0.4 is 27.0 Å². The molecule has 0 unspecified atom stereocenters. The number of imidazole rings is 1. The number of imide groups is 1. The average molecular weight is 734 g/mol. The number of carbonyl (C=O) groups excluding carboxylic acids is 6. The number of nitrogens with one attached hydrogen (secondary N) is 5. The third kappa shape index (κ3) is 9.87. The number of nitrogens with zero attached hydrogens (tertiary/aromatic N) is 3. The Morgan fingerprint density at radius 1 is 0.906 bits per heavy atom. The van der Waals surface area contributed by atoms with Gasteiger partial charge in [0.25, 0.3) is 5.91 Å². The largest absolute Gasteiger partial charge is 0.348 e. The smallest absolute Gasteiger partial charge is 0.252 e. The van der Waals surface area contributed by atoms with Gasteiger partial charge in [0, 0.05) is 31.3 Å². The first-order chi connectivity index (χ1) is 25.6. The molecular formula is C38H55N9O6. The zero-order chi connectivity index (χ0) is 37.9. The van der Waals surface area contributed by atoms with Crippen LogP contribution in [0.5, 0.6) is 0 Å². The van der Waals surface area contributed by atoms with E-state index < -0.39 is 77.6 Å². The third-order valence-corrected chi connectivity index (χ3v) is 10.8. The van der Waals surface area contributed by atoms with Crippen LogP contribution in [0.3, 0.4) is 0 Å². The van der Waals surface area contributed by atoms with Crippen LogP contribution in [0.25, 0.3) is 0 Å². The molecule has 3 aliphatic rings. The van der Waals surface area contributed by atoms with Crippen LogP contribution in [0.4, 0.5) is 0 Å². The number of piperidine rings is 1. The summed E-state index contributed by atoms with van der Waals surface area (Å²) < 4.78 is 0. The third-order valence-electron chi connectivity index (χ3n) is 10.8. The maximum absolute atomic E-state index is 15.0. The number of amides is 6. The van der Waals surface area contributed by atoms with E-state index in [1.807, 2.05) is 44.2 Å². The number of rotatable bonds is 11. The van der Waals surface area contributed by atoms with E-state index in [1.165, 1.54) is 11.2 Å². The molecule has 3 saturated heterocycles. The van der Waals surface area contributed by atoms with Crippen LogP contribution >= 0.6 is 0 Å². The van der Waals surface area contributed by atoms with Crippen molar-refractivity contribution in [3.63, 3.8) is 0 Å². The monoisotopic (exact) mass is 733 g/mol. The number of H-pyrrole nitrogens is 1. The fraction of sp³-hybridized carbons (Fsp3) is 0.605. The highest BCUT2D eigenvalue weighted by atomic mass is 16.2. The summed E-state index contributed by atoms with van der Waals surface area (Å²) in [5.74, 6) is -3.98. The number of hydrogen-bond donors (Lipinski definition) is 6. The molecule has 3 aliphatic heterocycles. The Morgan fingerprint density at radius 3 is 2.36 bits per heavy atom. The van der Waals surface area contributed by atoms with Crippen LogP contribution in [-0.2, 0) is 41.6 Å². The molecule has 0 spiro atoms. The minimum atomic E-state index is -1.30. The van der Waals surface area contributed by atoms with Crippen molar-refractivity contribution in [2.75, 3.05) is 19.6 Å². The fourth-order valence-corrected chi connectivity index (χ4v) is 7.51. The summed E-state index contributed by atoms with van der Waals surface area (Å²) in [4.78, 5) is 96.5. The minimum Gasteiger partial charge on any atom is -0.348 e. The Hall–Kier alpha value is -4.63. The van der Waals surface area contributed by atoms with Gasteiger partial charge in [-0.1, -0.05) is 57.0 Å². The zero-order valence-electron chi connectivity index (χ0n) is 30.9. The van der Waals surface area contributed by atoms with Crippen molar-refractivity contribution in [2.45, 2.75) is 121 Å². The van der Waals surface area contributed by atoms with E-state index in [1.54, 1.807) is 6.20 Å². The molecule has 53 heavy (non-hydrogen) atoms. The van der Waals surface area contributed by atoms with Gasteiger partial charge in [-0.3, -0.25) is 33.7 Å². The van der Waals surface area contributed by atoms with Gasteiger partial charge in [0.15, 0.2) is 0 Å². The Balaban J connectivity index is 1.63. The predicted molar refractivity (Wildman–Crippen MR) is 197 cm³/mol. The number of carbonyl (C=O) groups is 6. The van der Waals surface area contributed by atoms with Gasteiger partial charge in [-0.05, 0) is 69.5 Å². The molecule has 0 aliphatic carbocycles. The maximum atomic E-state index is 15.0. The van der Waals surface area contributed by atoms with Gasteiger partial charge in [-0.2, -0.15) is 0 Å². The summed E-state index contributed by atoms with van der Waals surface area (Å²) in [6, 6.07) is 2.86. The lowest BCUT2D eigenvalue weighted by Crippen LogP contribution is -2.64. The Labute approximate surface area is 311 Å². The van der Waals surface area contributed by atoms with Gasteiger partial charge >= 0.3 is 0 Å². The summed E-state index contributed by atoms with van der Waals surface area (Å²) >= 11 is 0. The number of aromatic amines is 1. The highest BCUT2D eigenvalue weighted by Gasteiger charge is 2.45. The van der Waals surface area contributed by atoms with Crippen molar-refractivity contribution >= 4 is 35.4 Å². The van der Waals surface area contributed by atoms with Crippen molar-refractivity contribution in [2.24, 2.45) is 11.7 Å². The summed E-state index contributed by atoms with van der Waals surface area (Å²) in [5, 5.41) is 11.9. The molecule has 2 aromatic rings. The second kappa shape index (κ2) is 18.9. The van der Waals surface area contributed by atoms with Gasteiger partial charge in [-0.15, -0.1) is 0 Å². The zero-order valence-corrected chi connectivity index (χ0v) is 30.9. The average Bonchev–Trinajstić information content (AvgIpc) is 3.88. The van der Waals surface area contributed by atoms with Gasteiger partial charge in [0.2, 0.25) is 29.5 Å². The van der Waals surface area contributed by atoms with Crippen LogP contribution in [0.15, 0.2) is 42.9 Å². The lowest BCUT2D eigenvalue weighted by molar-refractivity contribution is -0.157. The van der Waals surface area contributed by atoms with Gasteiger partial charge < -0.3 is 36.9 Å². The Bertz CT molecular complexity index is 1560. The van der Waals surface area contributed by atoms with Crippen LogP contribution in [-0.4, -0.2) is 111 Å². The summed E-state index contributed by atoms with van der Waals surface area (Å²) in [7, 11) is 0. The molecule has 1 aromatic carbocycles. The van der Waals surface area contributed by atoms with Crippen molar-refractivity contribution in [1.82, 2.24) is 41.0 Å². The lowest BCUT2D eigenvalue weighted by Gasteiger charge is -2.37. The second-order valence-corrected chi connectivity index (χ2v) is 14.5. The second-order valence-electron chi connectivity index (χ2n) is 14.5. The number of hydrogen-bond acceptors (Lipinski definition) is 9. The topological polar surface area (TPSA) is 212 Å². The first-order valence-electron chi connectivity index (χ1n) is 19.2. The molecule has 6 amide bonds. The quantitative estimate of drug-likeness (QED) is 0.142. The van der Waals surface area contributed by atoms with Crippen molar-refractivity contribution in [1.29, 1.82) is 0 Å². The van der Waals surface area contributed by atoms with E-state index in [9.17, 15) is 28.8 Å². The molecule has 15 heteroatoms. The summed E-state index contributed by atoms with van der Waals surface area (Å²) in [6.45, 7) is 4.87. The van der Waals surface area contributed by atoms with Crippen LogP contribution in [0, 0.1) is 5.92 Å². The van der Waals surface area contributed by atoms with E-state index in [0.717, 1.165) is 23.3 Å². The van der Waals surface area contributed by atoms with Crippen molar-refractivity contribution in [3.05, 3.63) is 54.1 Å². The number of benzene rings is 1. The number of nitrogens with two attached hydrogens (primary N) is 1. The molecule has 5 rings (SSSR count). The molecule has 288 valence electrons. The molecule has 7 atom stereocenters. The van der Waals surface area contributed by atoms with E-state index >= 15 is 0 Å². The summed E-state index contributed by atoms with van der Waals surface area (Å²) in [5.41, 5.74) is 7.20. The first-order valence-corrected chi connectivity index (χ1v) is 19.2. The fourth-order valence-electron chi connectivity index (χ4n) is 7.51. The molecule has 7 N–H and O–H groups in total. The predicted octanol–water partition coefficient (Wildman–Crippen LogP) is 0.695. The highest BCUT2D eigenvalue weighted by molar-refractivity contribution is 6.06. The highest BCUT2D eigenvalue weighted by Crippen LogP contribution is 2.24. The molecule has 0 radical (unpaired) electrons. The van der Waals surface area contributed by atoms with E-state index in [-0.39, 0.29) is 25.8 Å². The normalized spacial score (nSPS) is 26.9. The van der Waals surface area contributed by atoms with Gasteiger partial charge in [-0.25, -0.2) is 4.98 Å². The number of fused-ring (bicyclic) bond motifs is 1. The van der Waals surface area contributed by atoms with Crippen LogP contribution in [0.1, 0.15) is 82.9 Å². The standard InChI is InChI=1S/C38H55N9O6/c1-3-24(2)32-38(53)47(37(52)27-14-8-10-18-41-27)31(15-7-9-17-39)35(50)44-29(21-26-22-40-23-42-26)36(51)46-19-11-16-30(46)34(49)43-28(33(48)45-32)20-25-12-5-4-6-13-25/h4-6,12-13,22-24,27-32,41H,3,7-11,14-21,39H2,1-2H3,(H,40,42)(H,43,49)(H,44,50)(H,45,48)/t24-,27+,28+,29+,30-,31-,32-/m0/s1. The molecular weight excluding hydrogens is 678 g/mol. The van der Waals surface area contributed by atoms with E-state index in [0.29, 0.717) is 57.3 Å². The molecule has 3 fully saturated rings. The molecule has 0 saturated carbocycles. The maximum Gasteiger partial charge on any atom is 0.252 e. The molecule has 0 bridgehead atoms. The molecule has 1 aromatic heterocycles. The minimum absolute atomic E-state index is 0.0309. The van der Waals surface area contributed by atoms with E-state index in [2.05, 4.69) is 31.2 Å². The van der Waals surface area contributed by atoms with Gasteiger partial charge in [0.1, 0.15) is 30.2 Å². The van der Waals surface area contributed by atoms with Gasteiger partial charge in [0.05, 0.1) is 12.4 Å². The Kier molecular flexibility index (Phi) is 14.1. The Morgan fingerprint density at radius 2 is 1.68 bits per heavy atom. The number of aromatic nitrogens is 2. The number of unbranched alkanes of at least 4 members (excludes halogenated alkanes) is 1. The SMILES string of the molecule is CC[C@H](C)[C@@H]1NC(=O)[C@@H](Cc2ccccc2)NC(=O)[C@@H]2CCCN2C(=O)[C@@H](Cc2cnc[nH]2)NC(=O)[C@H](CCCCN)N(C(=O)[C@H]2CCCCN2)C1=O. The molecule has 15 nitrogen and oxygen atoms in total. The molecule has 4 heterocycles. The summed E-state index contributed by atoms with van der Waals surface area (Å²) in [6.07, 6.45) is 7.74.